The Morgan fingerprint density at radius 3 is 2.90 bits per heavy atom. The highest BCUT2D eigenvalue weighted by atomic mass is 32.2. The number of nitrogens with zero attached hydrogens (tertiary/aromatic N) is 2. The largest absolute Gasteiger partial charge is 0.334 e. The monoisotopic (exact) mass is 411 g/mol. The van der Waals surface area contributed by atoms with Crippen LogP contribution in [-0.4, -0.2) is 35.7 Å². The van der Waals surface area contributed by atoms with Crippen molar-refractivity contribution < 1.29 is 14.0 Å². The van der Waals surface area contributed by atoms with Gasteiger partial charge in [0.15, 0.2) is 4.87 Å². The molecule has 1 spiro atoms. The highest BCUT2D eigenvalue weighted by molar-refractivity contribution is 8.01. The van der Waals surface area contributed by atoms with Crippen molar-refractivity contribution in [2.45, 2.75) is 18.3 Å². The molecule has 1 fully saturated rings. The smallest absolute Gasteiger partial charge is 0.319 e. The normalized spacial score (nSPS) is 20.3. The van der Waals surface area contributed by atoms with Crippen LogP contribution in [0.5, 0.6) is 0 Å². The minimum atomic E-state index is -1.13. The summed E-state index contributed by atoms with van der Waals surface area (Å²) in [5.74, 6) is 0.0842. The summed E-state index contributed by atoms with van der Waals surface area (Å²) < 4.78 is 14.3. The quantitative estimate of drug-likeness (QED) is 0.779. The van der Waals surface area contributed by atoms with Gasteiger partial charge in [0.05, 0.1) is 12.2 Å². The predicted octanol–water partition coefficient (Wildman–Crippen LogP) is 3.78. The third-order valence-electron chi connectivity index (χ3n) is 5.28. The fourth-order valence-corrected chi connectivity index (χ4v) is 5.39. The molecule has 2 aromatic carbocycles. The highest BCUT2D eigenvalue weighted by Gasteiger charge is 2.59. The fraction of sp³-hybridized carbons (Fsp3) is 0.273. The lowest BCUT2D eigenvalue weighted by molar-refractivity contribution is -0.123. The Balaban J connectivity index is 1.79. The number of aryl methyl sites for hydroxylation is 1. The molecular weight excluding hydrogens is 389 g/mol. The molecular formula is C22H22FN3O2S. The molecule has 5 nitrogen and oxygen atoms in total. The fourth-order valence-electron chi connectivity index (χ4n) is 3.94. The molecule has 1 N–H and O–H groups in total. The Hall–Kier alpha value is -2.80. The van der Waals surface area contributed by atoms with Crippen LogP contribution in [0.25, 0.3) is 0 Å². The van der Waals surface area contributed by atoms with Crippen LogP contribution in [-0.2, 0) is 16.2 Å². The van der Waals surface area contributed by atoms with Gasteiger partial charge in [-0.05, 0) is 19.1 Å². The Morgan fingerprint density at radius 2 is 2.14 bits per heavy atom. The lowest BCUT2D eigenvalue weighted by Gasteiger charge is -2.33. The summed E-state index contributed by atoms with van der Waals surface area (Å²) in [6.45, 7) is 6.49. The number of rotatable bonds is 4. The van der Waals surface area contributed by atoms with E-state index in [9.17, 15) is 14.0 Å². The molecule has 3 amide bonds. The van der Waals surface area contributed by atoms with Crippen molar-refractivity contribution in [1.29, 1.82) is 0 Å². The lowest BCUT2D eigenvalue weighted by Crippen LogP contribution is -2.53. The van der Waals surface area contributed by atoms with Crippen molar-refractivity contribution in [3.63, 3.8) is 0 Å². The number of anilines is 1. The number of carbonyl (C=O) groups is 2. The number of hydrogen-bond acceptors (Lipinski definition) is 3. The minimum absolute atomic E-state index is 0.117. The summed E-state index contributed by atoms with van der Waals surface area (Å²) >= 11 is 1.45. The molecule has 29 heavy (non-hydrogen) atoms. The second kappa shape index (κ2) is 7.55. The van der Waals surface area contributed by atoms with E-state index in [0.717, 1.165) is 16.8 Å². The summed E-state index contributed by atoms with van der Waals surface area (Å²) in [6.07, 6.45) is 1.60. The second-order valence-electron chi connectivity index (χ2n) is 7.12. The van der Waals surface area contributed by atoms with Crippen LogP contribution in [0.4, 0.5) is 14.9 Å². The molecule has 0 saturated carbocycles. The van der Waals surface area contributed by atoms with Crippen molar-refractivity contribution in [3.8, 4) is 0 Å². The molecule has 2 aromatic rings. The third-order valence-corrected chi connectivity index (χ3v) is 6.70. The van der Waals surface area contributed by atoms with E-state index in [2.05, 4.69) is 11.9 Å². The number of nitrogens with one attached hydrogen (secondary N) is 1. The summed E-state index contributed by atoms with van der Waals surface area (Å²) in [5, 5.41) is 2.79. The van der Waals surface area contributed by atoms with Crippen molar-refractivity contribution in [2.24, 2.45) is 0 Å². The lowest BCUT2D eigenvalue weighted by atomic mass is 10.0. The highest BCUT2D eigenvalue weighted by Crippen LogP contribution is 2.54. The van der Waals surface area contributed by atoms with E-state index < -0.39 is 4.87 Å². The number of thioether (sulfide) groups is 1. The van der Waals surface area contributed by atoms with Crippen LogP contribution in [0.1, 0.15) is 16.7 Å². The Labute approximate surface area is 173 Å². The zero-order chi connectivity index (χ0) is 20.6. The number of amides is 3. The van der Waals surface area contributed by atoms with E-state index in [0.29, 0.717) is 24.4 Å². The number of benzene rings is 2. The SMILES string of the molecule is C=CCNC(=O)N1CCSC12C(=O)N(Cc1ccccc1F)c1ccc(C)cc12. The maximum Gasteiger partial charge on any atom is 0.319 e. The van der Waals surface area contributed by atoms with Crippen molar-refractivity contribution in [2.75, 3.05) is 23.7 Å². The maximum atomic E-state index is 14.3. The van der Waals surface area contributed by atoms with Crippen LogP contribution in [0.3, 0.4) is 0 Å². The minimum Gasteiger partial charge on any atom is -0.334 e. The molecule has 7 heteroatoms. The molecule has 150 valence electrons. The molecule has 0 bridgehead atoms. The molecule has 0 aromatic heterocycles. The number of urea groups is 1. The van der Waals surface area contributed by atoms with E-state index in [1.165, 1.54) is 17.8 Å². The van der Waals surface area contributed by atoms with E-state index in [1.807, 2.05) is 25.1 Å². The van der Waals surface area contributed by atoms with Crippen LogP contribution in [0.2, 0.25) is 0 Å². The number of hydrogen-bond donors (Lipinski definition) is 1. The first kappa shape index (κ1) is 19.5. The Bertz CT molecular complexity index is 996. The Morgan fingerprint density at radius 1 is 1.34 bits per heavy atom. The molecule has 2 aliphatic rings. The van der Waals surface area contributed by atoms with Crippen molar-refractivity contribution in [3.05, 3.63) is 77.6 Å². The van der Waals surface area contributed by atoms with Gasteiger partial charge >= 0.3 is 6.03 Å². The molecule has 2 heterocycles. The van der Waals surface area contributed by atoms with E-state index in [1.54, 1.807) is 34.1 Å². The van der Waals surface area contributed by atoms with Crippen LogP contribution in [0, 0.1) is 12.7 Å². The molecule has 2 aliphatic heterocycles. The average Bonchev–Trinajstić information content (AvgIpc) is 3.25. The van der Waals surface area contributed by atoms with Crippen molar-refractivity contribution >= 4 is 29.4 Å². The van der Waals surface area contributed by atoms with Gasteiger partial charge in [-0.2, -0.15) is 0 Å². The summed E-state index contributed by atoms with van der Waals surface area (Å²) in [4.78, 5) is 28.7. The summed E-state index contributed by atoms with van der Waals surface area (Å²) in [6, 6.07) is 11.9. The first-order valence-corrected chi connectivity index (χ1v) is 10.4. The predicted molar refractivity (Wildman–Crippen MR) is 113 cm³/mol. The molecule has 4 rings (SSSR count). The van der Waals surface area contributed by atoms with Crippen LogP contribution >= 0.6 is 11.8 Å². The standard InChI is InChI=1S/C22H22FN3O2S/c1-3-10-24-21(28)26-11-12-29-22(26)17-13-15(2)8-9-19(17)25(20(22)27)14-16-6-4-5-7-18(16)23/h3-9,13H,1,10-12,14H2,2H3,(H,24,28). The van der Waals surface area contributed by atoms with E-state index in [4.69, 9.17) is 0 Å². The summed E-state index contributed by atoms with van der Waals surface area (Å²) in [5.41, 5.74) is 2.95. The zero-order valence-electron chi connectivity index (χ0n) is 16.2. The van der Waals surface area contributed by atoms with Crippen LogP contribution in [0.15, 0.2) is 55.1 Å². The van der Waals surface area contributed by atoms with E-state index >= 15 is 0 Å². The number of halogens is 1. The molecule has 1 atom stereocenters. The molecule has 0 aliphatic carbocycles. The first-order chi connectivity index (χ1) is 14.0. The van der Waals surface area contributed by atoms with Gasteiger partial charge in [-0.1, -0.05) is 42.0 Å². The van der Waals surface area contributed by atoms with Gasteiger partial charge in [0.1, 0.15) is 5.82 Å². The van der Waals surface area contributed by atoms with Gasteiger partial charge in [0, 0.05) is 30.0 Å². The molecule has 1 saturated heterocycles. The average molecular weight is 412 g/mol. The second-order valence-corrected chi connectivity index (χ2v) is 8.41. The summed E-state index contributed by atoms with van der Waals surface area (Å²) in [7, 11) is 0. The van der Waals surface area contributed by atoms with Crippen LogP contribution < -0.4 is 10.2 Å². The number of carbonyl (C=O) groups excluding carboxylic acids is 2. The molecule has 1 unspecified atom stereocenters. The molecule has 0 radical (unpaired) electrons. The third kappa shape index (κ3) is 3.09. The zero-order valence-corrected chi connectivity index (χ0v) is 17.0. The van der Waals surface area contributed by atoms with Gasteiger partial charge in [0.25, 0.3) is 5.91 Å². The van der Waals surface area contributed by atoms with Gasteiger partial charge in [0.2, 0.25) is 0 Å². The van der Waals surface area contributed by atoms with Gasteiger partial charge in [-0.3, -0.25) is 9.69 Å². The van der Waals surface area contributed by atoms with Gasteiger partial charge in [-0.15, -0.1) is 18.3 Å². The van der Waals surface area contributed by atoms with Crippen molar-refractivity contribution in [1.82, 2.24) is 10.2 Å². The van der Waals surface area contributed by atoms with Gasteiger partial charge < -0.3 is 10.2 Å². The topological polar surface area (TPSA) is 52.7 Å². The first-order valence-electron chi connectivity index (χ1n) is 9.46. The van der Waals surface area contributed by atoms with Gasteiger partial charge in [-0.25, -0.2) is 9.18 Å². The number of fused-ring (bicyclic) bond motifs is 2. The van der Waals surface area contributed by atoms with E-state index in [-0.39, 0.29) is 24.3 Å². The Kier molecular flexibility index (Phi) is 5.08. The maximum absolute atomic E-state index is 14.3.